The third-order valence-electron chi connectivity index (χ3n) is 4.50. The lowest BCUT2D eigenvalue weighted by Gasteiger charge is -2.30. The topological polar surface area (TPSA) is 86.7 Å². The van der Waals surface area contributed by atoms with Crippen molar-refractivity contribution in [1.29, 1.82) is 0 Å². The van der Waals surface area contributed by atoms with E-state index in [0.717, 1.165) is 11.6 Å². The number of hydrogen-bond acceptors (Lipinski definition) is 3. The first kappa shape index (κ1) is 18.6. The van der Waals surface area contributed by atoms with Gasteiger partial charge in [0.15, 0.2) is 0 Å². The molecule has 2 N–H and O–H groups in total. The first-order valence-corrected chi connectivity index (χ1v) is 8.58. The number of carbonyl (C=O) groups is 3. The van der Waals surface area contributed by atoms with Crippen molar-refractivity contribution >= 4 is 23.5 Å². The number of nitrogens with zero attached hydrogens (tertiary/aromatic N) is 1. The average Bonchev–Trinajstić information content (AvgIpc) is 2.64. The van der Waals surface area contributed by atoms with Crippen molar-refractivity contribution in [1.82, 2.24) is 4.90 Å². The quantitative estimate of drug-likeness (QED) is 0.818. The van der Waals surface area contributed by atoms with E-state index in [-0.39, 0.29) is 18.7 Å². The van der Waals surface area contributed by atoms with Gasteiger partial charge < -0.3 is 15.3 Å². The number of fused-ring (bicyclic) bond motifs is 1. The van der Waals surface area contributed by atoms with Gasteiger partial charge in [-0.1, -0.05) is 36.4 Å². The molecule has 0 saturated carbocycles. The second kappa shape index (κ2) is 7.99. The number of aliphatic carboxylic acids is 1. The van der Waals surface area contributed by atoms with Crippen molar-refractivity contribution < 1.29 is 23.9 Å². The van der Waals surface area contributed by atoms with Crippen LogP contribution in [-0.4, -0.2) is 40.9 Å². The maximum atomic E-state index is 13.5. The van der Waals surface area contributed by atoms with Gasteiger partial charge in [-0.15, -0.1) is 0 Å². The highest BCUT2D eigenvalue weighted by Crippen LogP contribution is 2.34. The molecule has 0 bridgehead atoms. The van der Waals surface area contributed by atoms with E-state index in [1.54, 1.807) is 0 Å². The monoisotopic (exact) mass is 370 g/mol. The fraction of sp³-hybridized carbons (Fsp3) is 0.250. The van der Waals surface area contributed by atoms with Crippen molar-refractivity contribution in [3.05, 3.63) is 65.5 Å². The average molecular weight is 370 g/mol. The predicted molar refractivity (Wildman–Crippen MR) is 96.7 cm³/mol. The molecule has 27 heavy (non-hydrogen) atoms. The molecule has 0 spiro atoms. The molecule has 0 fully saturated rings. The number of hydrogen-bond donors (Lipinski definition) is 2. The minimum absolute atomic E-state index is 0.0983. The number of carbonyl (C=O) groups excluding carboxylic acids is 2. The molecule has 7 heteroatoms. The summed E-state index contributed by atoms with van der Waals surface area (Å²) in [5, 5.41) is 11.7. The summed E-state index contributed by atoms with van der Waals surface area (Å²) in [6.45, 7) is -0.246. The van der Waals surface area contributed by atoms with Crippen molar-refractivity contribution in [2.75, 3.05) is 18.4 Å². The Labute approximate surface area is 155 Å². The number of benzene rings is 2. The van der Waals surface area contributed by atoms with Crippen LogP contribution in [0, 0.1) is 5.82 Å². The molecule has 140 valence electrons. The van der Waals surface area contributed by atoms with Crippen LogP contribution < -0.4 is 5.32 Å². The van der Waals surface area contributed by atoms with Crippen molar-refractivity contribution in [2.24, 2.45) is 0 Å². The zero-order valence-corrected chi connectivity index (χ0v) is 14.5. The third-order valence-corrected chi connectivity index (χ3v) is 4.50. The Morgan fingerprint density at radius 2 is 1.93 bits per heavy atom. The fourth-order valence-electron chi connectivity index (χ4n) is 3.22. The normalized spacial score (nSPS) is 15.6. The van der Waals surface area contributed by atoms with Gasteiger partial charge in [0.05, 0.1) is 5.92 Å². The molecular weight excluding hydrogens is 351 g/mol. The van der Waals surface area contributed by atoms with Crippen LogP contribution in [0.2, 0.25) is 0 Å². The molecule has 0 aliphatic carbocycles. The Kier molecular flexibility index (Phi) is 5.49. The highest BCUT2D eigenvalue weighted by atomic mass is 19.1. The van der Waals surface area contributed by atoms with Gasteiger partial charge in [-0.05, 0) is 29.7 Å². The summed E-state index contributed by atoms with van der Waals surface area (Å²) in [6.07, 6.45) is 0.397. The van der Waals surface area contributed by atoms with Gasteiger partial charge in [-0.25, -0.2) is 4.39 Å². The summed E-state index contributed by atoms with van der Waals surface area (Å²) in [7, 11) is 0. The summed E-state index contributed by atoms with van der Waals surface area (Å²) in [5.41, 5.74) is 1.73. The molecule has 1 unspecified atom stereocenters. The van der Waals surface area contributed by atoms with Crippen molar-refractivity contribution in [3.8, 4) is 0 Å². The van der Waals surface area contributed by atoms with Gasteiger partial charge in [-0.2, -0.15) is 0 Å². The number of amides is 2. The Hall–Kier alpha value is -3.22. The summed E-state index contributed by atoms with van der Waals surface area (Å²) in [5.74, 6) is -3.32. The van der Waals surface area contributed by atoms with Gasteiger partial charge in [0.2, 0.25) is 11.8 Å². The minimum Gasteiger partial charge on any atom is -0.480 e. The summed E-state index contributed by atoms with van der Waals surface area (Å²) in [6, 6.07) is 13.3. The van der Waals surface area contributed by atoms with E-state index in [2.05, 4.69) is 5.32 Å². The first-order valence-electron chi connectivity index (χ1n) is 8.58. The molecule has 2 aromatic carbocycles. The lowest BCUT2D eigenvalue weighted by atomic mass is 9.89. The van der Waals surface area contributed by atoms with Crippen molar-refractivity contribution in [2.45, 2.75) is 18.8 Å². The van der Waals surface area contributed by atoms with Crippen LogP contribution in [0.15, 0.2) is 48.5 Å². The molecule has 1 atom stereocenters. The van der Waals surface area contributed by atoms with E-state index < -0.39 is 36.1 Å². The molecule has 1 heterocycles. The number of rotatable bonds is 6. The molecule has 2 aromatic rings. The third kappa shape index (κ3) is 4.49. The number of nitrogens with one attached hydrogen (secondary N) is 1. The zero-order valence-electron chi connectivity index (χ0n) is 14.5. The smallest absolute Gasteiger partial charge is 0.323 e. The van der Waals surface area contributed by atoms with Crippen LogP contribution >= 0.6 is 0 Å². The van der Waals surface area contributed by atoms with E-state index in [0.29, 0.717) is 12.0 Å². The molecule has 3 rings (SSSR count). The number of anilines is 1. The summed E-state index contributed by atoms with van der Waals surface area (Å²) in [4.78, 5) is 37.5. The van der Waals surface area contributed by atoms with E-state index in [1.807, 2.05) is 30.3 Å². The lowest BCUT2D eigenvalue weighted by molar-refractivity contribution is -0.145. The van der Waals surface area contributed by atoms with E-state index >= 15 is 0 Å². The van der Waals surface area contributed by atoms with Gasteiger partial charge in [0.25, 0.3) is 0 Å². The van der Waals surface area contributed by atoms with Crippen LogP contribution in [0.25, 0.3) is 0 Å². The molecule has 1 aliphatic rings. The predicted octanol–water partition coefficient (Wildman–Crippen LogP) is 2.41. The Morgan fingerprint density at radius 3 is 2.63 bits per heavy atom. The van der Waals surface area contributed by atoms with Crippen LogP contribution in [0.3, 0.4) is 0 Å². The van der Waals surface area contributed by atoms with Crippen LogP contribution in [-0.2, 0) is 20.8 Å². The van der Waals surface area contributed by atoms with Gasteiger partial charge in [0.1, 0.15) is 12.4 Å². The second-order valence-corrected chi connectivity index (χ2v) is 6.43. The highest BCUT2D eigenvalue weighted by molar-refractivity contribution is 6.01. The van der Waals surface area contributed by atoms with Crippen LogP contribution in [0.1, 0.15) is 23.5 Å². The molecule has 0 saturated heterocycles. The Morgan fingerprint density at radius 1 is 1.19 bits per heavy atom. The van der Waals surface area contributed by atoms with E-state index in [9.17, 15) is 23.9 Å². The molecule has 0 radical (unpaired) electrons. The van der Waals surface area contributed by atoms with E-state index in [1.165, 1.54) is 17.0 Å². The Bertz CT molecular complexity index is 870. The van der Waals surface area contributed by atoms with Gasteiger partial charge >= 0.3 is 5.97 Å². The lowest BCUT2D eigenvalue weighted by Crippen LogP contribution is -2.42. The number of halogens is 1. The molecule has 2 amide bonds. The van der Waals surface area contributed by atoms with Crippen LogP contribution in [0.4, 0.5) is 10.1 Å². The van der Waals surface area contributed by atoms with Gasteiger partial charge in [0, 0.05) is 18.7 Å². The maximum absolute atomic E-state index is 13.5. The Balaban J connectivity index is 1.83. The number of carboxylic acid groups (broad SMARTS) is 1. The standard InChI is InChI=1S/C20H19FN2O4/c21-14-6-7-15-16(11-18(24)22-17(15)10-14)20(27)23(12-19(25)26)9-8-13-4-2-1-3-5-13/h1-7,10,16H,8-9,11-12H2,(H,22,24)(H,25,26). The van der Waals surface area contributed by atoms with Gasteiger partial charge in [-0.3, -0.25) is 14.4 Å². The fourth-order valence-corrected chi connectivity index (χ4v) is 3.22. The number of carboxylic acids is 1. The zero-order chi connectivity index (χ0) is 19.4. The highest BCUT2D eigenvalue weighted by Gasteiger charge is 2.34. The maximum Gasteiger partial charge on any atom is 0.323 e. The van der Waals surface area contributed by atoms with Crippen LogP contribution in [0.5, 0.6) is 0 Å². The van der Waals surface area contributed by atoms with Crippen molar-refractivity contribution in [3.63, 3.8) is 0 Å². The SMILES string of the molecule is O=C(O)CN(CCc1ccccc1)C(=O)C1CC(=O)Nc2cc(F)ccc21. The molecular formula is C20H19FN2O4. The second-order valence-electron chi connectivity index (χ2n) is 6.43. The molecule has 6 nitrogen and oxygen atoms in total. The minimum atomic E-state index is -1.13. The largest absolute Gasteiger partial charge is 0.480 e. The first-order chi connectivity index (χ1) is 12.9. The summed E-state index contributed by atoms with van der Waals surface area (Å²) < 4.78 is 13.5. The molecule has 0 aromatic heterocycles. The summed E-state index contributed by atoms with van der Waals surface area (Å²) >= 11 is 0. The molecule has 1 aliphatic heterocycles. The van der Waals surface area contributed by atoms with E-state index in [4.69, 9.17) is 0 Å².